The first-order chi connectivity index (χ1) is 9.70. The smallest absolute Gasteiger partial charge is 0.128 e. The van der Waals surface area contributed by atoms with E-state index in [2.05, 4.69) is 17.2 Å². The van der Waals surface area contributed by atoms with Crippen LogP contribution >= 0.6 is 0 Å². The van der Waals surface area contributed by atoms with Crippen LogP contribution in [0.2, 0.25) is 0 Å². The van der Waals surface area contributed by atoms with Gasteiger partial charge in [0.2, 0.25) is 0 Å². The van der Waals surface area contributed by atoms with Gasteiger partial charge in [0.1, 0.15) is 5.75 Å². The molecular weight excluding hydrogens is 252 g/mol. The quantitative estimate of drug-likeness (QED) is 0.896. The number of pyridine rings is 1. The van der Waals surface area contributed by atoms with E-state index < -0.39 is 0 Å². The monoisotopic (exact) mass is 276 g/mol. The topological polar surface area (TPSA) is 43.4 Å². The second-order valence-electron chi connectivity index (χ2n) is 6.00. The van der Waals surface area contributed by atoms with Gasteiger partial charge in [0.25, 0.3) is 0 Å². The van der Waals surface area contributed by atoms with Crippen LogP contribution in [0.1, 0.15) is 36.1 Å². The minimum Gasteiger partial charge on any atom is -0.496 e. The lowest BCUT2D eigenvalue weighted by Gasteiger charge is -2.20. The molecule has 2 unspecified atom stereocenters. The molecule has 4 nitrogen and oxygen atoms in total. The van der Waals surface area contributed by atoms with Crippen LogP contribution in [0.3, 0.4) is 0 Å². The molecule has 1 aliphatic carbocycles. The van der Waals surface area contributed by atoms with Gasteiger partial charge in [0, 0.05) is 36.5 Å². The highest BCUT2D eigenvalue weighted by atomic mass is 16.5. The second-order valence-corrected chi connectivity index (χ2v) is 6.00. The molecule has 1 saturated heterocycles. The molecule has 2 fully saturated rings. The number of ether oxygens (including phenoxy) is 2. The Bertz CT molecular complexity index is 486. The first-order valence-electron chi connectivity index (χ1n) is 7.54. The lowest BCUT2D eigenvalue weighted by atomic mass is 10.1. The first-order valence-corrected chi connectivity index (χ1v) is 7.54. The van der Waals surface area contributed by atoms with Crippen molar-refractivity contribution in [2.45, 2.75) is 51.8 Å². The molecule has 0 radical (unpaired) electrons. The second kappa shape index (κ2) is 5.70. The van der Waals surface area contributed by atoms with Gasteiger partial charge in [0.05, 0.1) is 18.9 Å². The van der Waals surface area contributed by atoms with Gasteiger partial charge in [-0.15, -0.1) is 0 Å². The van der Waals surface area contributed by atoms with Crippen molar-refractivity contribution in [3.8, 4) is 5.75 Å². The Morgan fingerprint density at radius 1 is 1.35 bits per heavy atom. The predicted octanol–water partition coefficient (Wildman–Crippen LogP) is 2.36. The molecule has 0 aromatic carbocycles. The summed E-state index contributed by atoms with van der Waals surface area (Å²) in [7, 11) is 1.72. The fraction of sp³-hybridized carbons (Fsp3) is 0.688. The molecule has 4 heteroatoms. The maximum absolute atomic E-state index is 5.86. The van der Waals surface area contributed by atoms with Gasteiger partial charge in [-0.05, 0) is 39.0 Å². The number of hydrogen-bond donors (Lipinski definition) is 1. The largest absolute Gasteiger partial charge is 0.496 e. The molecule has 1 aliphatic heterocycles. The lowest BCUT2D eigenvalue weighted by Crippen LogP contribution is -2.37. The molecule has 0 bridgehead atoms. The maximum atomic E-state index is 5.86. The summed E-state index contributed by atoms with van der Waals surface area (Å²) in [6, 6.07) is 0.482. The van der Waals surface area contributed by atoms with Crippen molar-refractivity contribution in [2.24, 2.45) is 5.92 Å². The molecule has 0 spiro atoms. The lowest BCUT2D eigenvalue weighted by molar-refractivity contribution is 0.0808. The summed E-state index contributed by atoms with van der Waals surface area (Å²) in [4.78, 5) is 4.55. The highest BCUT2D eigenvalue weighted by Gasteiger charge is 2.40. The molecule has 2 atom stereocenters. The Kier molecular flexibility index (Phi) is 3.94. The Balaban J connectivity index is 1.66. The third-order valence-corrected chi connectivity index (χ3v) is 4.50. The fourth-order valence-corrected chi connectivity index (χ4v) is 3.20. The van der Waals surface area contributed by atoms with E-state index in [1.54, 1.807) is 7.11 Å². The van der Waals surface area contributed by atoms with Gasteiger partial charge >= 0.3 is 0 Å². The van der Waals surface area contributed by atoms with Crippen LogP contribution in [0.4, 0.5) is 0 Å². The van der Waals surface area contributed by atoms with Crippen LogP contribution in [0.5, 0.6) is 5.75 Å². The highest BCUT2D eigenvalue weighted by Crippen LogP contribution is 2.38. The Hall–Kier alpha value is -1.13. The molecule has 3 rings (SSSR count). The van der Waals surface area contributed by atoms with Crippen LogP contribution in [0, 0.1) is 19.8 Å². The highest BCUT2D eigenvalue weighted by molar-refractivity contribution is 5.41. The first kappa shape index (κ1) is 13.8. The average molecular weight is 276 g/mol. The van der Waals surface area contributed by atoms with Gasteiger partial charge in [-0.2, -0.15) is 0 Å². The van der Waals surface area contributed by atoms with Gasteiger partial charge in [-0.1, -0.05) is 0 Å². The number of aromatic nitrogens is 1. The number of aryl methyl sites for hydroxylation is 1. The fourth-order valence-electron chi connectivity index (χ4n) is 3.20. The summed E-state index contributed by atoms with van der Waals surface area (Å²) in [5, 5.41) is 3.64. The minimum atomic E-state index is 0.419. The number of nitrogens with zero attached hydrogens (tertiary/aromatic N) is 1. The number of rotatable bonds is 5. The molecule has 1 aromatic heterocycles. The van der Waals surface area contributed by atoms with Crippen molar-refractivity contribution in [1.29, 1.82) is 0 Å². The summed E-state index contributed by atoms with van der Waals surface area (Å²) < 4.78 is 11.3. The van der Waals surface area contributed by atoms with E-state index >= 15 is 0 Å². The van der Waals surface area contributed by atoms with E-state index in [1.807, 2.05) is 13.1 Å². The Morgan fingerprint density at radius 3 is 2.85 bits per heavy atom. The van der Waals surface area contributed by atoms with Crippen molar-refractivity contribution < 1.29 is 9.47 Å². The van der Waals surface area contributed by atoms with Crippen LogP contribution in [0.15, 0.2) is 6.20 Å². The third kappa shape index (κ3) is 2.67. The van der Waals surface area contributed by atoms with Gasteiger partial charge in [0.15, 0.2) is 0 Å². The summed E-state index contributed by atoms with van der Waals surface area (Å²) in [6.45, 7) is 5.80. The van der Waals surface area contributed by atoms with E-state index in [0.29, 0.717) is 12.1 Å². The zero-order valence-electron chi connectivity index (χ0n) is 12.6. The average Bonchev–Trinajstić information content (AvgIpc) is 3.18. The van der Waals surface area contributed by atoms with Crippen LogP contribution in [0.25, 0.3) is 0 Å². The normalized spacial score (nSPS) is 25.9. The molecule has 110 valence electrons. The number of hydrogen-bond acceptors (Lipinski definition) is 4. The van der Waals surface area contributed by atoms with Crippen molar-refractivity contribution >= 4 is 0 Å². The SMILES string of the molecule is COc1c(C)cnc(CNC2CCOC2C2CC2)c1C. The molecule has 1 saturated carbocycles. The van der Waals surface area contributed by atoms with Crippen LogP contribution in [-0.2, 0) is 11.3 Å². The molecule has 2 aliphatic rings. The van der Waals surface area contributed by atoms with Gasteiger partial charge < -0.3 is 14.8 Å². The van der Waals surface area contributed by atoms with E-state index in [-0.39, 0.29) is 0 Å². The number of nitrogens with one attached hydrogen (secondary N) is 1. The van der Waals surface area contributed by atoms with Crippen molar-refractivity contribution in [1.82, 2.24) is 10.3 Å². The Morgan fingerprint density at radius 2 is 2.15 bits per heavy atom. The zero-order valence-corrected chi connectivity index (χ0v) is 12.6. The van der Waals surface area contributed by atoms with Gasteiger partial charge in [-0.25, -0.2) is 0 Å². The maximum Gasteiger partial charge on any atom is 0.128 e. The van der Waals surface area contributed by atoms with E-state index in [0.717, 1.165) is 48.1 Å². The van der Waals surface area contributed by atoms with E-state index in [1.165, 1.54) is 12.8 Å². The summed E-state index contributed by atoms with van der Waals surface area (Å²) >= 11 is 0. The molecule has 1 N–H and O–H groups in total. The number of methoxy groups -OCH3 is 1. The molecule has 1 aromatic rings. The predicted molar refractivity (Wildman–Crippen MR) is 78.0 cm³/mol. The molecular formula is C16H24N2O2. The minimum absolute atomic E-state index is 0.419. The van der Waals surface area contributed by atoms with E-state index in [9.17, 15) is 0 Å². The standard InChI is InChI=1S/C16H24N2O2/c1-10-8-17-14(11(2)15(10)19-3)9-18-13-6-7-20-16(13)12-4-5-12/h8,12-13,16,18H,4-7,9H2,1-3H3. The van der Waals surface area contributed by atoms with Crippen molar-refractivity contribution in [2.75, 3.05) is 13.7 Å². The summed E-state index contributed by atoms with van der Waals surface area (Å²) in [6.07, 6.45) is 6.09. The van der Waals surface area contributed by atoms with Crippen LogP contribution < -0.4 is 10.1 Å². The van der Waals surface area contributed by atoms with Crippen molar-refractivity contribution in [3.05, 3.63) is 23.0 Å². The molecule has 0 amide bonds. The third-order valence-electron chi connectivity index (χ3n) is 4.50. The van der Waals surface area contributed by atoms with Crippen molar-refractivity contribution in [3.63, 3.8) is 0 Å². The van der Waals surface area contributed by atoms with E-state index in [4.69, 9.17) is 9.47 Å². The molecule has 2 heterocycles. The zero-order chi connectivity index (χ0) is 14.1. The van der Waals surface area contributed by atoms with Crippen LogP contribution in [-0.4, -0.2) is 30.8 Å². The molecule has 20 heavy (non-hydrogen) atoms. The Labute approximate surface area is 120 Å². The summed E-state index contributed by atoms with van der Waals surface area (Å²) in [5.74, 6) is 1.75. The van der Waals surface area contributed by atoms with Gasteiger partial charge in [-0.3, -0.25) is 4.98 Å². The summed E-state index contributed by atoms with van der Waals surface area (Å²) in [5.41, 5.74) is 3.31.